The van der Waals surface area contributed by atoms with Crippen LogP contribution in [0.15, 0.2) is 47.6 Å². The number of carbonyl (C=O) groups excluding carboxylic acids is 1. The molecule has 0 spiro atoms. The molecule has 0 saturated carbocycles. The largest absolute Gasteiger partial charge is 0.384 e. The van der Waals surface area contributed by atoms with Gasteiger partial charge in [-0.1, -0.05) is 60.9 Å². The van der Waals surface area contributed by atoms with Gasteiger partial charge in [-0.3, -0.25) is 4.79 Å². The number of amidine groups is 1. The number of benzene rings is 2. The highest BCUT2D eigenvalue weighted by Gasteiger charge is 2.12. The van der Waals surface area contributed by atoms with Crippen LogP contribution in [0.3, 0.4) is 0 Å². The van der Waals surface area contributed by atoms with Crippen LogP contribution in [0.25, 0.3) is 0 Å². The summed E-state index contributed by atoms with van der Waals surface area (Å²) in [4.78, 5) is 17.2. The Morgan fingerprint density at radius 2 is 2.00 bits per heavy atom. The van der Waals surface area contributed by atoms with Gasteiger partial charge in [0.05, 0.1) is 0 Å². The molecule has 6 heteroatoms. The standard InChI is InChI=1S/C19H22ClN3O2/c1-12(2)16-9-4-6-13(3)18(16)22-17(24)11-25-23-19(21)14-7-5-8-15(20)10-14/h4-10,12H,11H2,1-3H3,(H2,21,23)(H,22,24). The lowest BCUT2D eigenvalue weighted by molar-refractivity contribution is -0.120. The zero-order valence-electron chi connectivity index (χ0n) is 14.5. The summed E-state index contributed by atoms with van der Waals surface area (Å²) in [5.41, 5.74) is 9.36. The van der Waals surface area contributed by atoms with Gasteiger partial charge in [0.25, 0.3) is 5.91 Å². The quantitative estimate of drug-likeness (QED) is 0.464. The van der Waals surface area contributed by atoms with Crippen molar-refractivity contribution in [2.45, 2.75) is 26.7 Å². The van der Waals surface area contributed by atoms with Crippen LogP contribution in [0.4, 0.5) is 5.69 Å². The van der Waals surface area contributed by atoms with E-state index in [1.54, 1.807) is 24.3 Å². The summed E-state index contributed by atoms with van der Waals surface area (Å²) in [6.45, 7) is 5.89. The highest BCUT2D eigenvalue weighted by atomic mass is 35.5. The maximum Gasteiger partial charge on any atom is 0.265 e. The van der Waals surface area contributed by atoms with Crippen molar-refractivity contribution in [3.05, 3.63) is 64.2 Å². The van der Waals surface area contributed by atoms with E-state index in [-0.39, 0.29) is 18.3 Å². The second-order valence-electron chi connectivity index (χ2n) is 6.00. The molecule has 0 aliphatic rings. The fraction of sp³-hybridized carbons (Fsp3) is 0.263. The van der Waals surface area contributed by atoms with Crippen molar-refractivity contribution >= 4 is 29.0 Å². The van der Waals surface area contributed by atoms with E-state index in [1.165, 1.54) is 0 Å². The molecule has 0 aliphatic heterocycles. The predicted octanol–water partition coefficient (Wildman–Crippen LogP) is 4.05. The summed E-state index contributed by atoms with van der Waals surface area (Å²) < 4.78 is 0. The Hall–Kier alpha value is -2.53. The van der Waals surface area contributed by atoms with Crippen molar-refractivity contribution in [1.82, 2.24) is 0 Å². The lowest BCUT2D eigenvalue weighted by Crippen LogP contribution is -2.20. The molecule has 132 valence electrons. The maximum absolute atomic E-state index is 12.1. The molecule has 0 unspecified atom stereocenters. The molecule has 0 aliphatic carbocycles. The molecule has 0 saturated heterocycles. The number of oxime groups is 1. The zero-order valence-corrected chi connectivity index (χ0v) is 15.3. The zero-order chi connectivity index (χ0) is 18.4. The molecule has 0 atom stereocenters. The first-order valence-electron chi connectivity index (χ1n) is 7.99. The molecular weight excluding hydrogens is 338 g/mol. The number of aryl methyl sites for hydroxylation is 1. The molecule has 3 N–H and O–H groups in total. The fourth-order valence-electron chi connectivity index (χ4n) is 2.38. The number of anilines is 1. The normalized spacial score (nSPS) is 11.5. The first kappa shape index (κ1) is 18.8. The van der Waals surface area contributed by atoms with Gasteiger partial charge in [-0.2, -0.15) is 0 Å². The smallest absolute Gasteiger partial charge is 0.265 e. The van der Waals surface area contributed by atoms with Crippen LogP contribution in [-0.2, 0) is 9.63 Å². The van der Waals surface area contributed by atoms with Crippen LogP contribution >= 0.6 is 11.6 Å². The molecule has 0 fully saturated rings. The average Bonchev–Trinajstić information content (AvgIpc) is 2.56. The first-order valence-corrected chi connectivity index (χ1v) is 8.37. The maximum atomic E-state index is 12.1. The molecule has 0 aromatic heterocycles. The topological polar surface area (TPSA) is 76.7 Å². The van der Waals surface area contributed by atoms with Crippen molar-refractivity contribution in [1.29, 1.82) is 0 Å². The second kappa shape index (κ2) is 8.53. The Kier molecular flexibility index (Phi) is 6.42. The van der Waals surface area contributed by atoms with E-state index in [0.717, 1.165) is 16.8 Å². The van der Waals surface area contributed by atoms with Crippen LogP contribution in [0.2, 0.25) is 5.02 Å². The molecule has 1 amide bonds. The SMILES string of the molecule is Cc1cccc(C(C)C)c1NC(=O)CO/N=C(\N)c1cccc(Cl)c1. The Bertz CT molecular complexity index is 788. The highest BCUT2D eigenvalue weighted by Crippen LogP contribution is 2.27. The van der Waals surface area contributed by atoms with Gasteiger partial charge in [0.2, 0.25) is 0 Å². The monoisotopic (exact) mass is 359 g/mol. The Morgan fingerprint density at radius 1 is 1.28 bits per heavy atom. The second-order valence-corrected chi connectivity index (χ2v) is 6.44. The third kappa shape index (κ3) is 5.22. The number of amides is 1. The molecule has 2 rings (SSSR count). The lowest BCUT2D eigenvalue weighted by atomic mass is 9.98. The van der Waals surface area contributed by atoms with Crippen LogP contribution in [0.1, 0.15) is 36.5 Å². The lowest BCUT2D eigenvalue weighted by Gasteiger charge is -2.16. The van der Waals surface area contributed by atoms with Gasteiger partial charge in [-0.15, -0.1) is 0 Å². The number of carbonyl (C=O) groups is 1. The summed E-state index contributed by atoms with van der Waals surface area (Å²) in [7, 11) is 0. The summed E-state index contributed by atoms with van der Waals surface area (Å²) in [6.07, 6.45) is 0. The van der Waals surface area contributed by atoms with Crippen LogP contribution in [0.5, 0.6) is 0 Å². The Balaban J connectivity index is 1.99. The van der Waals surface area contributed by atoms with Crippen LogP contribution < -0.4 is 11.1 Å². The molecule has 0 heterocycles. The van der Waals surface area contributed by atoms with Crippen LogP contribution in [0, 0.1) is 6.92 Å². The van der Waals surface area contributed by atoms with Gasteiger partial charge < -0.3 is 15.9 Å². The molecule has 25 heavy (non-hydrogen) atoms. The van der Waals surface area contributed by atoms with E-state index >= 15 is 0 Å². The summed E-state index contributed by atoms with van der Waals surface area (Å²) in [6, 6.07) is 12.9. The number of nitrogens with two attached hydrogens (primary N) is 1. The number of hydrogen-bond acceptors (Lipinski definition) is 3. The molecule has 0 radical (unpaired) electrons. The molecule has 2 aromatic carbocycles. The molecule has 5 nitrogen and oxygen atoms in total. The minimum Gasteiger partial charge on any atom is -0.384 e. The number of nitrogens with one attached hydrogen (secondary N) is 1. The third-order valence-electron chi connectivity index (χ3n) is 3.67. The van der Waals surface area contributed by atoms with Gasteiger partial charge in [0, 0.05) is 16.3 Å². The van der Waals surface area contributed by atoms with Crippen molar-refractivity contribution in [2.24, 2.45) is 10.9 Å². The van der Waals surface area contributed by atoms with Crippen molar-refractivity contribution in [3.8, 4) is 0 Å². The molecule has 2 aromatic rings. The third-order valence-corrected chi connectivity index (χ3v) is 3.91. The first-order chi connectivity index (χ1) is 11.9. The van der Waals surface area contributed by atoms with Crippen molar-refractivity contribution < 1.29 is 9.63 Å². The minimum atomic E-state index is -0.293. The number of halogens is 1. The van der Waals surface area contributed by atoms with E-state index in [1.807, 2.05) is 25.1 Å². The van der Waals surface area contributed by atoms with Gasteiger partial charge in [0.1, 0.15) is 0 Å². The Morgan fingerprint density at radius 3 is 2.68 bits per heavy atom. The number of para-hydroxylation sites is 1. The predicted molar refractivity (Wildman–Crippen MR) is 102 cm³/mol. The van der Waals surface area contributed by atoms with Gasteiger partial charge in [-0.05, 0) is 36.1 Å². The summed E-state index contributed by atoms with van der Waals surface area (Å²) in [5.74, 6) is 0.167. The average molecular weight is 360 g/mol. The van der Waals surface area contributed by atoms with Gasteiger partial charge in [0.15, 0.2) is 12.4 Å². The minimum absolute atomic E-state index is 0.161. The Labute approximate surface area is 152 Å². The molecule has 0 bridgehead atoms. The summed E-state index contributed by atoms with van der Waals surface area (Å²) >= 11 is 5.90. The highest BCUT2D eigenvalue weighted by molar-refractivity contribution is 6.31. The van der Waals surface area contributed by atoms with E-state index in [0.29, 0.717) is 16.5 Å². The number of rotatable bonds is 6. The van der Waals surface area contributed by atoms with Gasteiger partial charge in [-0.25, -0.2) is 0 Å². The van der Waals surface area contributed by atoms with E-state index in [9.17, 15) is 4.79 Å². The van der Waals surface area contributed by atoms with Gasteiger partial charge >= 0.3 is 0 Å². The van der Waals surface area contributed by atoms with E-state index < -0.39 is 0 Å². The van der Waals surface area contributed by atoms with E-state index in [2.05, 4.69) is 24.3 Å². The fourth-order valence-corrected chi connectivity index (χ4v) is 2.57. The van der Waals surface area contributed by atoms with Crippen molar-refractivity contribution in [2.75, 3.05) is 11.9 Å². The summed E-state index contributed by atoms with van der Waals surface area (Å²) in [5, 5.41) is 7.21. The van der Waals surface area contributed by atoms with Crippen molar-refractivity contribution in [3.63, 3.8) is 0 Å². The van der Waals surface area contributed by atoms with E-state index in [4.69, 9.17) is 22.2 Å². The number of hydrogen-bond donors (Lipinski definition) is 2. The number of nitrogens with zero attached hydrogens (tertiary/aromatic N) is 1. The van der Waals surface area contributed by atoms with Crippen LogP contribution in [-0.4, -0.2) is 18.3 Å². The molecular formula is C19H22ClN3O2.